The molecule has 0 amide bonds. The molecular weight excluding hydrogens is 243 g/mol. The lowest BCUT2D eigenvalue weighted by Crippen LogP contribution is -2.28. The molecule has 1 heterocycles. The SMILES string of the molecule is O=c1[nH]cc(C(F)(F)F)cc1C(O)C(O)CO. The van der Waals surface area contributed by atoms with Crippen molar-refractivity contribution in [1.29, 1.82) is 0 Å². The minimum atomic E-state index is -4.68. The Hall–Kier alpha value is -1.38. The summed E-state index contributed by atoms with van der Waals surface area (Å²) >= 11 is 0. The van der Waals surface area contributed by atoms with Gasteiger partial charge in [-0.25, -0.2) is 0 Å². The van der Waals surface area contributed by atoms with Gasteiger partial charge in [0.1, 0.15) is 12.2 Å². The van der Waals surface area contributed by atoms with Crippen molar-refractivity contribution in [1.82, 2.24) is 4.98 Å². The van der Waals surface area contributed by atoms with E-state index in [-0.39, 0.29) is 0 Å². The Morgan fingerprint density at radius 1 is 1.35 bits per heavy atom. The lowest BCUT2D eigenvalue weighted by molar-refractivity contribution is -0.138. The van der Waals surface area contributed by atoms with Crippen LogP contribution in [0, 0.1) is 0 Å². The second-order valence-corrected chi connectivity index (χ2v) is 3.37. The van der Waals surface area contributed by atoms with Crippen molar-refractivity contribution in [3.8, 4) is 0 Å². The zero-order valence-electron chi connectivity index (χ0n) is 8.40. The highest BCUT2D eigenvalue weighted by atomic mass is 19.4. The number of hydrogen-bond donors (Lipinski definition) is 4. The molecule has 0 fully saturated rings. The summed E-state index contributed by atoms with van der Waals surface area (Å²) < 4.78 is 37.0. The molecule has 8 heteroatoms. The molecule has 17 heavy (non-hydrogen) atoms. The van der Waals surface area contributed by atoms with E-state index in [0.29, 0.717) is 12.3 Å². The predicted molar refractivity (Wildman–Crippen MR) is 50.1 cm³/mol. The van der Waals surface area contributed by atoms with Gasteiger partial charge in [-0.05, 0) is 6.07 Å². The van der Waals surface area contributed by atoms with Crippen LogP contribution in [0.15, 0.2) is 17.1 Å². The molecule has 1 rings (SSSR count). The lowest BCUT2D eigenvalue weighted by atomic mass is 10.0. The fraction of sp³-hybridized carbons (Fsp3) is 0.444. The first kappa shape index (κ1) is 13.7. The van der Waals surface area contributed by atoms with Crippen molar-refractivity contribution >= 4 is 0 Å². The zero-order valence-corrected chi connectivity index (χ0v) is 8.40. The van der Waals surface area contributed by atoms with Crippen LogP contribution in [0.25, 0.3) is 0 Å². The van der Waals surface area contributed by atoms with Crippen molar-refractivity contribution in [3.63, 3.8) is 0 Å². The number of aromatic nitrogens is 1. The number of pyridine rings is 1. The quantitative estimate of drug-likeness (QED) is 0.599. The van der Waals surface area contributed by atoms with Gasteiger partial charge in [-0.3, -0.25) is 4.79 Å². The second-order valence-electron chi connectivity index (χ2n) is 3.37. The number of hydrogen-bond acceptors (Lipinski definition) is 4. The molecule has 96 valence electrons. The van der Waals surface area contributed by atoms with Gasteiger partial charge in [0, 0.05) is 11.8 Å². The fourth-order valence-corrected chi connectivity index (χ4v) is 1.19. The number of aromatic amines is 1. The minimum absolute atomic E-state index is 0.433. The summed E-state index contributed by atoms with van der Waals surface area (Å²) in [5.74, 6) is 0. The van der Waals surface area contributed by atoms with Crippen LogP contribution in [0.5, 0.6) is 0 Å². The number of halogens is 3. The summed E-state index contributed by atoms with van der Waals surface area (Å²) in [6.45, 7) is -0.878. The number of rotatable bonds is 3. The fourth-order valence-electron chi connectivity index (χ4n) is 1.19. The second kappa shape index (κ2) is 4.86. The molecule has 5 nitrogen and oxygen atoms in total. The monoisotopic (exact) mass is 253 g/mol. The van der Waals surface area contributed by atoms with Crippen LogP contribution in [0.3, 0.4) is 0 Å². The molecule has 0 saturated heterocycles. The van der Waals surface area contributed by atoms with Crippen molar-refractivity contribution in [2.24, 2.45) is 0 Å². The van der Waals surface area contributed by atoms with E-state index in [0.717, 1.165) is 0 Å². The van der Waals surface area contributed by atoms with Crippen LogP contribution in [-0.2, 0) is 6.18 Å². The highest BCUT2D eigenvalue weighted by Crippen LogP contribution is 2.29. The maximum Gasteiger partial charge on any atom is 0.417 e. The predicted octanol–water partition coefficient (Wildman–Crippen LogP) is -0.220. The van der Waals surface area contributed by atoms with Crippen molar-refractivity contribution in [2.75, 3.05) is 6.61 Å². The van der Waals surface area contributed by atoms with E-state index in [9.17, 15) is 23.1 Å². The Bertz CT molecular complexity index is 443. The Kier molecular flexibility index (Phi) is 3.91. The molecule has 0 aliphatic rings. The Morgan fingerprint density at radius 3 is 2.41 bits per heavy atom. The van der Waals surface area contributed by atoms with Gasteiger partial charge in [0.25, 0.3) is 5.56 Å². The number of aliphatic hydroxyl groups excluding tert-OH is 3. The number of alkyl halides is 3. The van der Waals surface area contributed by atoms with E-state index in [1.165, 1.54) is 0 Å². The van der Waals surface area contributed by atoms with Crippen LogP contribution >= 0.6 is 0 Å². The topological polar surface area (TPSA) is 93.6 Å². The summed E-state index contributed by atoms with van der Waals surface area (Å²) in [6.07, 6.45) is -7.82. The third-order valence-electron chi connectivity index (χ3n) is 2.13. The van der Waals surface area contributed by atoms with Crippen LogP contribution in [0.4, 0.5) is 13.2 Å². The zero-order chi connectivity index (χ0) is 13.2. The maximum absolute atomic E-state index is 12.3. The molecule has 0 radical (unpaired) electrons. The van der Waals surface area contributed by atoms with E-state index >= 15 is 0 Å². The first-order valence-corrected chi connectivity index (χ1v) is 4.54. The summed E-state index contributed by atoms with van der Waals surface area (Å²) in [5, 5.41) is 27.0. The van der Waals surface area contributed by atoms with E-state index < -0.39 is 41.7 Å². The molecule has 0 saturated carbocycles. The highest BCUT2D eigenvalue weighted by Gasteiger charge is 2.32. The first-order valence-electron chi connectivity index (χ1n) is 4.54. The Morgan fingerprint density at radius 2 is 1.94 bits per heavy atom. The van der Waals surface area contributed by atoms with Crippen LogP contribution in [-0.4, -0.2) is 33.0 Å². The van der Waals surface area contributed by atoms with E-state index in [2.05, 4.69) is 0 Å². The van der Waals surface area contributed by atoms with Gasteiger partial charge in [-0.15, -0.1) is 0 Å². The molecular formula is C9H10F3NO4. The van der Waals surface area contributed by atoms with Gasteiger partial charge < -0.3 is 20.3 Å². The minimum Gasteiger partial charge on any atom is -0.394 e. The van der Waals surface area contributed by atoms with Gasteiger partial charge in [0.15, 0.2) is 0 Å². The van der Waals surface area contributed by atoms with E-state index in [4.69, 9.17) is 10.2 Å². The molecule has 4 N–H and O–H groups in total. The van der Waals surface area contributed by atoms with Crippen LogP contribution < -0.4 is 5.56 Å². The van der Waals surface area contributed by atoms with Crippen molar-refractivity contribution < 1.29 is 28.5 Å². The Balaban J connectivity index is 3.20. The maximum atomic E-state index is 12.3. The van der Waals surface area contributed by atoms with Gasteiger partial charge in [-0.2, -0.15) is 13.2 Å². The molecule has 0 aliphatic heterocycles. The van der Waals surface area contributed by atoms with E-state index in [1.54, 1.807) is 4.98 Å². The lowest BCUT2D eigenvalue weighted by Gasteiger charge is -2.16. The first-order chi connectivity index (χ1) is 7.77. The number of aliphatic hydroxyl groups is 3. The van der Waals surface area contributed by atoms with Gasteiger partial charge in [-0.1, -0.05) is 0 Å². The number of H-pyrrole nitrogens is 1. The molecule has 1 aromatic heterocycles. The van der Waals surface area contributed by atoms with Crippen molar-refractivity contribution in [3.05, 3.63) is 33.7 Å². The summed E-state index contributed by atoms with van der Waals surface area (Å²) in [4.78, 5) is 13.0. The average molecular weight is 253 g/mol. The summed E-state index contributed by atoms with van der Waals surface area (Å²) in [5.41, 5.74) is -2.77. The van der Waals surface area contributed by atoms with Crippen molar-refractivity contribution in [2.45, 2.75) is 18.4 Å². The summed E-state index contributed by atoms with van der Waals surface area (Å²) in [6, 6.07) is 0.433. The largest absolute Gasteiger partial charge is 0.417 e. The molecule has 0 bridgehead atoms. The molecule has 2 atom stereocenters. The normalized spacial score (nSPS) is 15.6. The standard InChI is InChI=1S/C9H10F3NO4/c10-9(11,12)4-1-5(8(17)13-2-4)7(16)6(15)3-14/h1-2,6-7,14-16H,3H2,(H,13,17). The van der Waals surface area contributed by atoms with Crippen LogP contribution in [0.1, 0.15) is 17.2 Å². The van der Waals surface area contributed by atoms with Gasteiger partial charge in [0.2, 0.25) is 0 Å². The third kappa shape index (κ3) is 3.05. The Labute approximate surface area is 93.2 Å². The molecule has 1 aromatic rings. The summed E-state index contributed by atoms with van der Waals surface area (Å²) in [7, 11) is 0. The molecule has 0 spiro atoms. The third-order valence-corrected chi connectivity index (χ3v) is 2.13. The van der Waals surface area contributed by atoms with E-state index in [1.807, 2.05) is 0 Å². The van der Waals surface area contributed by atoms with Crippen LogP contribution in [0.2, 0.25) is 0 Å². The average Bonchev–Trinajstić information content (AvgIpc) is 2.26. The number of nitrogens with one attached hydrogen (secondary N) is 1. The molecule has 0 aliphatic carbocycles. The smallest absolute Gasteiger partial charge is 0.394 e. The molecule has 2 unspecified atom stereocenters. The van der Waals surface area contributed by atoms with Gasteiger partial charge in [0.05, 0.1) is 12.2 Å². The highest BCUT2D eigenvalue weighted by molar-refractivity contribution is 5.23. The van der Waals surface area contributed by atoms with Gasteiger partial charge >= 0.3 is 6.18 Å². The molecule has 0 aromatic carbocycles.